The Hall–Kier alpha value is -2.86. The second-order valence-corrected chi connectivity index (χ2v) is 7.31. The molecule has 0 spiro atoms. The van der Waals surface area contributed by atoms with Crippen molar-refractivity contribution in [1.82, 2.24) is 0 Å². The number of hydrogen-bond acceptors (Lipinski definition) is 5. The molecule has 0 fully saturated rings. The number of ether oxygens (including phenoxy) is 2. The maximum absolute atomic E-state index is 12.3. The molecule has 7 heteroatoms. The Bertz CT molecular complexity index is 910. The molecule has 152 valence electrons. The maximum atomic E-state index is 12.3. The van der Waals surface area contributed by atoms with Crippen LogP contribution in [0.4, 0.5) is 5.69 Å². The normalized spacial score (nSPS) is 15.0. The monoisotopic (exact) mass is 415 g/mol. The Morgan fingerprint density at radius 3 is 2.66 bits per heavy atom. The van der Waals surface area contributed by atoms with E-state index in [4.69, 9.17) is 21.1 Å². The van der Waals surface area contributed by atoms with Gasteiger partial charge in [-0.15, -0.1) is 0 Å². The van der Waals surface area contributed by atoms with Gasteiger partial charge in [0.1, 0.15) is 12.4 Å². The summed E-state index contributed by atoms with van der Waals surface area (Å²) >= 11 is 5.99. The summed E-state index contributed by atoms with van der Waals surface area (Å²) in [6, 6.07) is 11.8. The molecule has 2 aromatic rings. The number of carbonyl (C=O) groups is 3. The van der Waals surface area contributed by atoms with Gasteiger partial charge >= 0.3 is 5.97 Å². The Morgan fingerprint density at radius 2 is 1.93 bits per heavy atom. The van der Waals surface area contributed by atoms with Crippen LogP contribution >= 0.6 is 11.6 Å². The van der Waals surface area contributed by atoms with E-state index in [1.54, 1.807) is 42.5 Å². The predicted molar refractivity (Wildman–Crippen MR) is 109 cm³/mol. The van der Waals surface area contributed by atoms with Gasteiger partial charge in [-0.3, -0.25) is 14.4 Å². The maximum Gasteiger partial charge on any atom is 0.313 e. The van der Waals surface area contributed by atoms with Gasteiger partial charge in [0.15, 0.2) is 12.4 Å². The second kappa shape index (κ2) is 9.56. The summed E-state index contributed by atoms with van der Waals surface area (Å²) in [4.78, 5) is 36.2. The molecule has 0 radical (unpaired) electrons. The number of benzene rings is 2. The fourth-order valence-electron chi connectivity index (χ4n) is 3.04. The first-order valence-corrected chi connectivity index (χ1v) is 9.85. The van der Waals surface area contributed by atoms with Gasteiger partial charge in [-0.05, 0) is 60.9 Å². The highest BCUT2D eigenvalue weighted by Gasteiger charge is 2.28. The summed E-state index contributed by atoms with van der Waals surface area (Å²) in [5.41, 5.74) is 1.87. The fourth-order valence-corrected chi connectivity index (χ4v) is 3.24. The summed E-state index contributed by atoms with van der Waals surface area (Å²) in [7, 11) is 0. The lowest BCUT2D eigenvalue weighted by molar-refractivity contribution is -0.148. The van der Waals surface area contributed by atoms with Crippen LogP contribution in [0.25, 0.3) is 0 Å². The van der Waals surface area contributed by atoms with Gasteiger partial charge in [-0.1, -0.05) is 18.5 Å². The zero-order valence-electron chi connectivity index (χ0n) is 16.1. The van der Waals surface area contributed by atoms with Crippen LogP contribution in [-0.2, 0) is 20.7 Å². The number of fused-ring (bicyclic) bond motifs is 1. The van der Waals surface area contributed by atoms with Gasteiger partial charge in [-0.2, -0.15) is 0 Å². The van der Waals surface area contributed by atoms with E-state index in [9.17, 15) is 14.4 Å². The summed E-state index contributed by atoms with van der Waals surface area (Å²) in [6.45, 7) is 1.78. The molecule has 0 unspecified atom stereocenters. The van der Waals surface area contributed by atoms with Crippen LogP contribution in [0.3, 0.4) is 0 Å². The largest absolute Gasteiger partial charge is 0.492 e. The molecule has 3 rings (SSSR count). The van der Waals surface area contributed by atoms with Gasteiger partial charge in [0.2, 0.25) is 5.91 Å². The molecule has 1 amide bonds. The van der Waals surface area contributed by atoms with Gasteiger partial charge in [0.25, 0.3) is 0 Å². The molecule has 0 saturated carbocycles. The van der Waals surface area contributed by atoms with Crippen LogP contribution in [0.1, 0.15) is 35.7 Å². The highest BCUT2D eigenvalue weighted by molar-refractivity contribution is 6.30. The lowest BCUT2D eigenvalue weighted by atomic mass is 9.97. The molecule has 2 aromatic carbocycles. The molecule has 0 saturated heterocycles. The number of carbonyl (C=O) groups excluding carboxylic acids is 3. The first kappa shape index (κ1) is 20.9. The van der Waals surface area contributed by atoms with E-state index in [-0.39, 0.29) is 24.9 Å². The molecule has 29 heavy (non-hydrogen) atoms. The third kappa shape index (κ3) is 5.57. The number of anilines is 1. The van der Waals surface area contributed by atoms with Gasteiger partial charge < -0.3 is 14.8 Å². The first-order chi connectivity index (χ1) is 14.0. The Labute approximate surface area is 174 Å². The zero-order chi connectivity index (χ0) is 20.8. The third-order valence-corrected chi connectivity index (χ3v) is 4.81. The van der Waals surface area contributed by atoms with Crippen molar-refractivity contribution in [2.45, 2.75) is 26.2 Å². The van der Waals surface area contributed by atoms with Gasteiger partial charge in [0.05, 0.1) is 5.92 Å². The highest BCUT2D eigenvalue weighted by atomic mass is 35.5. The molecule has 0 aliphatic carbocycles. The Morgan fingerprint density at radius 1 is 1.17 bits per heavy atom. The molecule has 0 aromatic heterocycles. The van der Waals surface area contributed by atoms with Crippen molar-refractivity contribution in [3.05, 3.63) is 58.6 Å². The SMILES string of the molecule is CCCC(=O)Nc1ccc(C(=O)COC(=O)[C@@H]2COc3ccc(Cl)cc3C2)cc1. The topological polar surface area (TPSA) is 81.7 Å². The van der Waals surface area contributed by atoms with E-state index in [2.05, 4.69) is 5.32 Å². The number of nitrogens with one attached hydrogen (secondary N) is 1. The molecule has 1 aliphatic heterocycles. The van der Waals surface area contributed by atoms with Crippen molar-refractivity contribution >= 4 is 34.9 Å². The highest BCUT2D eigenvalue weighted by Crippen LogP contribution is 2.30. The smallest absolute Gasteiger partial charge is 0.313 e. The van der Waals surface area contributed by atoms with Crippen molar-refractivity contribution in [3.8, 4) is 5.75 Å². The number of rotatable bonds is 7. The Kier molecular flexibility index (Phi) is 6.88. The van der Waals surface area contributed by atoms with Crippen LogP contribution in [-0.4, -0.2) is 30.9 Å². The molecular formula is C22H22ClNO5. The van der Waals surface area contributed by atoms with Crippen LogP contribution in [0, 0.1) is 5.92 Å². The fraction of sp³-hybridized carbons (Fsp3) is 0.318. The standard InChI is InChI=1S/C22H22ClNO5/c1-2-3-21(26)24-18-7-4-14(5-8-18)19(25)13-29-22(27)16-10-15-11-17(23)6-9-20(15)28-12-16/h4-9,11,16H,2-3,10,12-13H2,1H3,(H,24,26)/t16-/m0/s1. The summed E-state index contributed by atoms with van der Waals surface area (Å²) in [5, 5.41) is 3.33. The van der Waals surface area contributed by atoms with E-state index >= 15 is 0 Å². The minimum Gasteiger partial charge on any atom is -0.492 e. The van der Waals surface area contributed by atoms with Crippen molar-refractivity contribution in [2.24, 2.45) is 5.92 Å². The summed E-state index contributed by atoms with van der Waals surface area (Å²) in [5.74, 6) is -0.638. The third-order valence-electron chi connectivity index (χ3n) is 4.58. The van der Waals surface area contributed by atoms with Crippen molar-refractivity contribution in [1.29, 1.82) is 0 Å². The van der Waals surface area contributed by atoms with E-state index in [0.29, 0.717) is 34.9 Å². The van der Waals surface area contributed by atoms with Crippen LogP contribution in [0.15, 0.2) is 42.5 Å². The van der Waals surface area contributed by atoms with E-state index in [0.717, 1.165) is 12.0 Å². The van der Waals surface area contributed by atoms with Crippen LogP contribution in [0.5, 0.6) is 5.75 Å². The van der Waals surface area contributed by atoms with Crippen LogP contribution < -0.4 is 10.1 Å². The minimum atomic E-state index is -0.482. The number of esters is 1. The minimum absolute atomic E-state index is 0.0712. The summed E-state index contributed by atoms with van der Waals surface area (Å²) < 4.78 is 10.8. The molecule has 6 nitrogen and oxygen atoms in total. The lowest BCUT2D eigenvalue weighted by Gasteiger charge is -2.24. The van der Waals surface area contributed by atoms with Crippen molar-refractivity contribution in [3.63, 3.8) is 0 Å². The van der Waals surface area contributed by atoms with Crippen LogP contribution in [0.2, 0.25) is 5.02 Å². The van der Waals surface area contributed by atoms with E-state index < -0.39 is 11.9 Å². The number of Topliss-reactive ketones (excluding diaryl/α,β-unsaturated/α-hetero) is 1. The molecule has 0 bridgehead atoms. The number of halogens is 1. The average molecular weight is 416 g/mol. The summed E-state index contributed by atoms with van der Waals surface area (Å²) in [6.07, 6.45) is 1.66. The number of amides is 1. The second-order valence-electron chi connectivity index (χ2n) is 6.87. The molecule has 1 N–H and O–H groups in total. The van der Waals surface area contributed by atoms with E-state index in [1.807, 2.05) is 6.92 Å². The van der Waals surface area contributed by atoms with Gasteiger partial charge in [-0.25, -0.2) is 0 Å². The zero-order valence-corrected chi connectivity index (χ0v) is 16.8. The molecule has 1 aliphatic rings. The van der Waals surface area contributed by atoms with Crippen molar-refractivity contribution < 1.29 is 23.9 Å². The number of ketones is 1. The Balaban J connectivity index is 1.51. The molecule has 1 atom stereocenters. The first-order valence-electron chi connectivity index (χ1n) is 9.47. The van der Waals surface area contributed by atoms with Gasteiger partial charge in [0, 0.05) is 22.7 Å². The van der Waals surface area contributed by atoms with Crippen molar-refractivity contribution in [2.75, 3.05) is 18.5 Å². The average Bonchev–Trinajstić information content (AvgIpc) is 2.71. The quantitative estimate of drug-likeness (QED) is 0.544. The lowest BCUT2D eigenvalue weighted by Crippen LogP contribution is -2.31. The molecular weight excluding hydrogens is 394 g/mol. The van der Waals surface area contributed by atoms with E-state index in [1.165, 1.54) is 0 Å². The number of hydrogen-bond donors (Lipinski definition) is 1. The molecule has 1 heterocycles. The predicted octanol–water partition coefficient (Wildman–Crippen LogP) is 4.06.